The summed E-state index contributed by atoms with van der Waals surface area (Å²) in [5, 5.41) is 17.9. The van der Waals surface area contributed by atoms with Gasteiger partial charge in [0.1, 0.15) is 6.07 Å². The molecule has 4 heteroatoms. The second kappa shape index (κ2) is 5.13. The van der Waals surface area contributed by atoms with Gasteiger partial charge in [-0.15, -0.1) is 11.8 Å². The molecular weight excluding hydrogens is 206 g/mol. The summed E-state index contributed by atoms with van der Waals surface area (Å²) < 4.78 is 0. The number of nitriles is 1. The predicted molar refractivity (Wildman–Crippen MR) is 54.0 cm³/mol. The highest BCUT2D eigenvalue weighted by atomic mass is 35.5. The number of aliphatic hydroxyl groups excluding tert-OH is 1. The molecule has 0 radical (unpaired) electrons. The van der Waals surface area contributed by atoms with Gasteiger partial charge < -0.3 is 5.11 Å². The largest absolute Gasteiger partial charge is 0.396 e. The second-order valence-corrected chi connectivity index (χ2v) is 3.90. The number of thioether (sulfide) groups is 1. The fraction of sp³-hybridized carbons (Fsp3) is 0.222. The van der Waals surface area contributed by atoms with Crippen molar-refractivity contribution in [1.29, 1.82) is 5.26 Å². The quantitative estimate of drug-likeness (QED) is 0.784. The number of aliphatic hydroxyl groups is 1. The Morgan fingerprint density at radius 2 is 2.31 bits per heavy atom. The van der Waals surface area contributed by atoms with Crippen molar-refractivity contribution < 1.29 is 5.11 Å². The summed E-state index contributed by atoms with van der Waals surface area (Å²) in [5.74, 6) is 0.594. The lowest BCUT2D eigenvalue weighted by molar-refractivity contribution is 0.322. The molecule has 1 aromatic rings. The fourth-order valence-electron chi connectivity index (χ4n) is 0.871. The molecule has 0 amide bonds. The zero-order valence-corrected chi connectivity index (χ0v) is 8.40. The van der Waals surface area contributed by atoms with Crippen molar-refractivity contribution >= 4 is 23.4 Å². The lowest BCUT2D eigenvalue weighted by Gasteiger charge is -2.01. The normalized spacial score (nSPS) is 9.62. The van der Waals surface area contributed by atoms with Crippen molar-refractivity contribution in [2.75, 3.05) is 12.4 Å². The molecule has 0 aliphatic heterocycles. The Kier molecular flexibility index (Phi) is 4.10. The summed E-state index contributed by atoms with van der Waals surface area (Å²) in [4.78, 5) is 0.862. The van der Waals surface area contributed by atoms with Crippen LogP contribution in [0.3, 0.4) is 0 Å². The van der Waals surface area contributed by atoms with E-state index in [1.54, 1.807) is 18.2 Å². The first kappa shape index (κ1) is 10.4. The highest BCUT2D eigenvalue weighted by Crippen LogP contribution is 2.24. The van der Waals surface area contributed by atoms with Crippen LogP contribution in [0, 0.1) is 11.3 Å². The van der Waals surface area contributed by atoms with Crippen LogP contribution in [-0.2, 0) is 0 Å². The summed E-state index contributed by atoms with van der Waals surface area (Å²) in [7, 11) is 0. The maximum Gasteiger partial charge on any atom is 0.100 e. The van der Waals surface area contributed by atoms with E-state index in [0.29, 0.717) is 16.3 Å². The van der Waals surface area contributed by atoms with E-state index < -0.39 is 0 Å². The molecule has 68 valence electrons. The minimum Gasteiger partial charge on any atom is -0.396 e. The lowest BCUT2D eigenvalue weighted by atomic mass is 10.2. The van der Waals surface area contributed by atoms with Crippen LogP contribution in [0.15, 0.2) is 23.1 Å². The molecule has 0 unspecified atom stereocenters. The third-order valence-corrected chi connectivity index (χ3v) is 2.70. The van der Waals surface area contributed by atoms with Gasteiger partial charge in [0.05, 0.1) is 12.2 Å². The number of nitrogens with zero attached hydrogens (tertiary/aromatic N) is 1. The van der Waals surface area contributed by atoms with Crippen molar-refractivity contribution in [3.8, 4) is 6.07 Å². The number of halogens is 1. The summed E-state index contributed by atoms with van der Waals surface area (Å²) in [6.07, 6.45) is 0. The molecule has 1 rings (SSSR count). The Morgan fingerprint density at radius 3 is 2.92 bits per heavy atom. The van der Waals surface area contributed by atoms with Gasteiger partial charge in [-0.3, -0.25) is 0 Å². The molecule has 0 spiro atoms. The van der Waals surface area contributed by atoms with Gasteiger partial charge in [0, 0.05) is 15.7 Å². The van der Waals surface area contributed by atoms with Crippen LogP contribution in [0.5, 0.6) is 0 Å². The molecule has 0 heterocycles. The molecule has 1 aromatic carbocycles. The Hall–Kier alpha value is -0.690. The summed E-state index contributed by atoms with van der Waals surface area (Å²) in [6, 6.07) is 7.22. The fourth-order valence-corrected chi connectivity index (χ4v) is 1.78. The van der Waals surface area contributed by atoms with Crippen LogP contribution in [0.2, 0.25) is 5.02 Å². The molecule has 0 saturated heterocycles. The zero-order valence-electron chi connectivity index (χ0n) is 6.83. The van der Waals surface area contributed by atoms with Crippen LogP contribution in [0.4, 0.5) is 0 Å². The first-order valence-electron chi connectivity index (χ1n) is 3.71. The topological polar surface area (TPSA) is 44.0 Å². The van der Waals surface area contributed by atoms with Gasteiger partial charge in [-0.1, -0.05) is 11.6 Å². The van der Waals surface area contributed by atoms with E-state index in [1.165, 1.54) is 11.8 Å². The first-order chi connectivity index (χ1) is 6.27. The SMILES string of the molecule is N#Cc1cc(Cl)ccc1SCCO. The molecule has 0 atom stereocenters. The van der Waals surface area contributed by atoms with Crippen LogP contribution in [0.25, 0.3) is 0 Å². The zero-order chi connectivity index (χ0) is 9.68. The smallest absolute Gasteiger partial charge is 0.100 e. The van der Waals surface area contributed by atoms with E-state index in [0.717, 1.165) is 4.90 Å². The van der Waals surface area contributed by atoms with Crippen LogP contribution in [-0.4, -0.2) is 17.5 Å². The molecule has 1 N–H and O–H groups in total. The third kappa shape index (κ3) is 2.92. The number of hydrogen-bond donors (Lipinski definition) is 1. The van der Waals surface area contributed by atoms with E-state index in [1.807, 2.05) is 0 Å². The van der Waals surface area contributed by atoms with E-state index in [9.17, 15) is 0 Å². The van der Waals surface area contributed by atoms with Gasteiger partial charge in [-0.2, -0.15) is 5.26 Å². The summed E-state index contributed by atoms with van der Waals surface area (Å²) in [5.41, 5.74) is 0.561. The third-order valence-electron chi connectivity index (χ3n) is 1.41. The Morgan fingerprint density at radius 1 is 1.54 bits per heavy atom. The second-order valence-electron chi connectivity index (χ2n) is 2.32. The van der Waals surface area contributed by atoms with Crippen molar-refractivity contribution in [2.45, 2.75) is 4.90 Å². The molecule has 0 bridgehead atoms. The number of benzene rings is 1. The Bertz CT molecular complexity index is 335. The summed E-state index contributed by atoms with van der Waals surface area (Å²) in [6.45, 7) is 0.109. The standard InChI is InChI=1S/C9H8ClNOS/c10-8-1-2-9(13-4-3-12)7(5-8)6-11/h1-2,5,12H,3-4H2. The molecule has 0 aromatic heterocycles. The van der Waals surface area contributed by atoms with Crippen molar-refractivity contribution in [3.05, 3.63) is 28.8 Å². The lowest BCUT2D eigenvalue weighted by Crippen LogP contribution is -1.87. The monoisotopic (exact) mass is 213 g/mol. The Labute approximate surface area is 86.1 Å². The van der Waals surface area contributed by atoms with Gasteiger partial charge >= 0.3 is 0 Å². The van der Waals surface area contributed by atoms with Gasteiger partial charge in [-0.25, -0.2) is 0 Å². The molecule has 13 heavy (non-hydrogen) atoms. The molecule has 0 saturated carbocycles. The molecule has 0 aliphatic carbocycles. The van der Waals surface area contributed by atoms with Gasteiger partial charge in [0.2, 0.25) is 0 Å². The van der Waals surface area contributed by atoms with Crippen molar-refractivity contribution in [3.63, 3.8) is 0 Å². The van der Waals surface area contributed by atoms with E-state index in [2.05, 4.69) is 6.07 Å². The maximum atomic E-state index is 8.76. The van der Waals surface area contributed by atoms with Crippen LogP contribution < -0.4 is 0 Å². The molecule has 0 aliphatic rings. The minimum atomic E-state index is 0.109. The maximum absolute atomic E-state index is 8.76. The minimum absolute atomic E-state index is 0.109. The molecule has 0 fully saturated rings. The highest BCUT2D eigenvalue weighted by molar-refractivity contribution is 7.99. The summed E-state index contributed by atoms with van der Waals surface area (Å²) >= 11 is 7.17. The first-order valence-corrected chi connectivity index (χ1v) is 5.07. The van der Waals surface area contributed by atoms with Crippen molar-refractivity contribution in [1.82, 2.24) is 0 Å². The average molecular weight is 214 g/mol. The van der Waals surface area contributed by atoms with Crippen molar-refractivity contribution in [2.24, 2.45) is 0 Å². The van der Waals surface area contributed by atoms with E-state index in [4.69, 9.17) is 22.0 Å². The molecule has 2 nitrogen and oxygen atoms in total. The highest BCUT2D eigenvalue weighted by Gasteiger charge is 2.02. The molecular formula is C9H8ClNOS. The van der Waals surface area contributed by atoms with Gasteiger partial charge in [0.15, 0.2) is 0 Å². The number of rotatable bonds is 3. The Balaban J connectivity index is 2.88. The number of hydrogen-bond acceptors (Lipinski definition) is 3. The van der Waals surface area contributed by atoms with Crippen LogP contribution >= 0.6 is 23.4 Å². The average Bonchev–Trinajstić information content (AvgIpc) is 2.16. The predicted octanol–water partition coefficient (Wildman–Crippen LogP) is 2.30. The van der Waals surface area contributed by atoms with E-state index in [-0.39, 0.29) is 6.61 Å². The van der Waals surface area contributed by atoms with E-state index >= 15 is 0 Å². The van der Waals surface area contributed by atoms with Gasteiger partial charge in [-0.05, 0) is 18.2 Å². The van der Waals surface area contributed by atoms with Gasteiger partial charge in [0.25, 0.3) is 0 Å². The van der Waals surface area contributed by atoms with Crippen LogP contribution in [0.1, 0.15) is 5.56 Å².